The molecule has 20 heavy (non-hydrogen) atoms. The van der Waals surface area contributed by atoms with Crippen molar-refractivity contribution in [2.24, 2.45) is 0 Å². The Morgan fingerprint density at radius 1 is 1.40 bits per heavy atom. The Balaban J connectivity index is 2.22. The molecule has 1 unspecified atom stereocenters. The van der Waals surface area contributed by atoms with Gasteiger partial charge in [-0.25, -0.2) is 4.39 Å². The van der Waals surface area contributed by atoms with Crippen molar-refractivity contribution >= 4 is 11.6 Å². The summed E-state index contributed by atoms with van der Waals surface area (Å²) < 4.78 is 51.2. The van der Waals surface area contributed by atoms with Crippen LogP contribution in [0.15, 0.2) is 18.2 Å². The molecule has 0 saturated carbocycles. The minimum atomic E-state index is -4.58. The first-order valence-electron chi connectivity index (χ1n) is 6.16. The Hall–Kier alpha value is -1.63. The van der Waals surface area contributed by atoms with Gasteiger partial charge in [0.1, 0.15) is 5.82 Å². The molecule has 1 aromatic rings. The molecule has 0 aromatic heterocycles. The average molecular weight is 290 g/mol. The molecule has 1 aromatic carbocycles. The van der Waals surface area contributed by atoms with Crippen LogP contribution >= 0.6 is 0 Å². The number of alkyl halides is 3. The van der Waals surface area contributed by atoms with Crippen LogP contribution in [0.2, 0.25) is 0 Å². The average Bonchev–Trinajstić information content (AvgIpc) is 2.79. The van der Waals surface area contributed by atoms with Crippen LogP contribution in [-0.4, -0.2) is 18.0 Å². The standard InChI is InChI=1S/C13H14F4N2O/c1-12(5-2-6-18-12)11(20)19-10-7-8(13(15,16)17)3-4-9(10)14/h3-4,7,18H,2,5-6H2,1H3,(H,19,20). The molecular formula is C13H14F4N2O. The second-order valence-electron chi connectivity index (χ2n) is 5.01. The summed E-state index contributed by atoms with van der Waals surface area (Å²) in [6.07, 6.45) is -3.24. The number of hydrogen-bond acceptors (Lipinski definition) is 2. The second kappa shape index (κ2) is 5.05. The highest BCUT2D eigenvalue weighted by Crippen LogP contribution is 2.32. The van der Waals surface area contributed by atoms with E-state index in [4.69, 9.17) is 0 Å². The second-order valence-corrected chi connectivity index (χ2v) is 5.01. The fourth-order valence-electron chi connectivity index (χ4n) is 2.15. The largest absolute Gasteiger partial charge is 0.416 e. The zero-order chi connectivity index (χ0) is 15.0. The lowest BCUT2D eigenvalue weighted by atomic mass is 9.99. The summed E-state index contributed by atoms with van der Waals surface area (Å²) in [5.41, 5.74) is -2.33. The van der Waals surface area contributed by atoms with E-state index < -0.39 is 34.7 Å². The lowest BCUT2D eigenvalue weighted by Gasteiger charge is -2.23. The van der Waals surface area contributed by atoms with Crippen molar-refractivity contribution in [3.63, 3.8) is 0 Å². The van der Waals surface area contributed by atoms with Crippen molar-refractivity contribution in [1.82, 2.24) is 5.32 Å². The lowest BCUT2D eigenvalue weighted by Crippen LogP contribution is -2.48. The summed E-state index contributed by atoms with van der Waals surface area (Å²) in [6.45, 7) is 2.29. The van der Waals surface area contributed by atoms with Crippen LogP contribution in [0, 0.1) is 5.82 Å². The first-order chi connectivity index (χ1) is 9.22. The van der Waals surface area contributed by atoms with Gasteiger partial charge in [-0.1, -0.05) is 0 Å². The number of carbonyl (C=O) groups is 1. The number of anilines is 1. The maximum Gasteiger partial charge on any atom is 0.416 e. The summed E-state index contributed by atoms with van der Waals surface area (Å²) in [5.74, 6) is -1.43. The zero-order valence-corrected chi connectivity index (χ0v) is 10.8. The summed E-state index contributed by atoms with van der Waals surface area (Å²) in [6, 6.07) is 1.94. The zero-order valence-electron chi connectivity index (χ0n) is 10.8. The van der Waals surface area contributed by atoms with Gasteiger partial charge in [0.2, 0.25) is 5.91 Å². The van der Waals surface area contributed by atoms with Gasteiger partial charge < -0.3 is 10.6 Å². The van der Waals surface area contributed by atoms with E-state index in [1.165, 1.54) is 0 Å². The molecule has 0 spiro atoms. The molecule has 2 rings (SSSR count). The van der Waals surface area contributed by atoms with Crippen LogP contribution in [0.1, 0.15) is 25.3 Å². The Morgan fingerprint density at radius 3 is 2.65 bits per heavy atom. The molecule has 0 bridgehead atoms. The van der Waals surface area contributed by atoms with Crippen LogP contribution in [0.5, 0.6) is 0 Å². The monoisotopic (exact) mass is 290 g/mol. The van der Waals surface area contributed by atoms with Crippen molar-refractivity contribution in [3.05, 3.63) is 29.6 Å². The number of benzene rings is 1. The van der Waals surface area contributed by atoms with E-state index in [9.17, 15) is 22.4 Å². The quantitative estimate of drug-likeness (QED) is 0.822. The molecule has 1 fully saturated rings. The van der Waals surface area contributed by atoms with Crippen molar-refractivity contribution in [2.75, 3.05) is 11.9 Å². The Morgan fingerprint density at radius 2 is 2.10 bits per heavy atom. The van der Waals surface area contributed by atoms with Crippen LogP contribution in [0.3, 0.4) is 0 Å². The van der Waals surface area contributed by atoms with Gasteiger partial charge in [0.25, 0.3) is 0 Å². The van der Waals surface area contributed by atoms with E-state index in [2.05, 4.69) is 10.6 Å². The fraction of sp³-hybridized carbons (Fsp3) is 0.462. The van der Waals surface area contributed by atoms with E-state index in [1.54, 1.807) is 6.92 Å². The number of carbonyl (C=O) groups excluding carboxylic acids is 1. The number of halogens is 4. The molecule has 3 nitrogen and oxygen atoms in total. The van der Waals surface area contributed by atoms with E-state index in [1.807, 2.05) is 0 Å². The maximum absolute atomic E-state index is 13.5. The first kappa shape index (κ1) is 14.8. The van der Waals surface area contributed by atoms with Gasteiger partial charge in [0.15, 0.2) is 0 Å². The molecule has 1 aliphatic heterocycles. The third kappa shape index (κ3) is 2.92. The van der Waals surface area contributed by atoms with Crippen LogP contribution in [0.25, 0.3) is 0 Å². The number of rotatable bonds is 2. The molecule has 1 aliphatic rings. The lowest BCUT2D eigenvalue weighted by molar-refractivity contribution is -0.137. The molecule has 2 N–H and O–H groups in total. The number of nitrogens with one attached hydrogen (secondary N) is 2. The molecule has 0 aliphatic carbocycles. The molecule has 1 heterocycles. The molecule has 0 radical (unpaired) electrons. The van der Waals surface area contributed by atoms with Crippen molar-refractivity contribution in [2.45, 2.75) is 31.5 Å². The molecule has 1 saturated heterocycles. The van der Waals surface area contributed by atoms with Crippen LogP contribution in [-0.2, 0) is 11.0 Å². The van der Waals surface area contributed by atoms with E-state index in [0.29, 0.717) is 31.2 Å². The minimum absolute atomic E-state index is 0.459. The Labute approximate surface area is 113 Å². The predicted octanol–water partition coefficient (Wildman–Crippen LogP) is 2.93. The van der Waals surface area contributed by atoms with Gasteiger partial charge in [0, 0.05) is 0 Å². The smallest absolute Gasteiger partial charge is 0.322 e. The predicted molar refractivity (Wildman–Crippen MR) is 65.7 cm³/mol. The SMILES string of the molecule is CC1(C(=O)Nc2cc(C(F)(F)F)ccc2F)CCCN1. The van der Waals surface area contributed by atoms with Crippen molar-refractivity contribution < 1.29 is 22.4 Å². The first-order valence-corrected chi connectivity index (χ1v) is 6.16. The van der Waals surface area contributed by atoms with Crippen LogP contribution in [0.4, 0.5) is 23.2 Å². The van der Waals surface area contributed by atoms with E-state index >= 15 is 0 Å². The summed E-state index contributed by atoms with van der Waals surface area (Å²) in [5, 5.41) is 5.19. The Bertz CT molecular complexity index is 522. The minimum Gasteiger partial charge on any atom is -0.322 e. The van der Waals surface area contributed by atoms with Crippen molar-refractivity contribution in [3.8, 4) is 0 Å². The van der Waals surface area contributed by atoms with Gasteiger partial charge >= 0.3 is 6.18 Å². The highest BCUT2D eigenvalue weighted by Gasteiger charge is 2.37. The molecular weight excluding hydrogens is 276 g/mol. The summed E-state index contributed by atoms with van der Waals surface area (Å²) >= 11 is 0. The number of hydrogen-bond donors (Lipinski definition) is 2. The molecule has 110 valence electrons. The van der Waals surface area contributed by atoms with Gasteiger partial charge in [-0.3, -0.25) is 4.79 Å². The maximum atomic E-state index is 13.5. The van der Waals surface area contributed by atoms with Gasteiger partial charge in [0.05, 0.1) is 16.8 Å². The summed E-state index contributed by atoms with van der Waals surface area (Å²) in [7, 11) is 0. The highest BCUT2D eigenvalue weighted by atomic mass is 19.4. The van der Waals surface area contributed by atoms with E-state index in [0.717, 1.165) is 6.42 Å². The van der Waals surface area contributed by atoms with Crippen LogP contribution < -0.4 is 10.6 Å². The van der Waals surface area contributed by atoms with E-state index in [-0.39, 0.29) is 0 Å². The third-order valence-corrected chi connectivity index (χ3v) is 3.41. The molecule has 1 amide bonds. The number of amides is 1. The summed E-state index contributed by atoms with van der Waals surface area (Å²) in [4.78, 5) is 12.0. The Kier molecular flexibility index (Phi) is 3.73. The normalized spacial score (nSPS) is 22.9. The molecule has 7 heteroatoms. The topological polar surface area (TPSA) is 41.1 Å². The van der Waals surface area contributed by atoms with Gasteiger partial charge in [-0.15, -0.1) is 0 Å². The van der Waals surface area contributed by atoms with Gasteiger partial charge in [-0.2, -0.15) is 13.2 Å². The third-order valence-electron chi connectivity index (χ3n) is 3.41. The fourth-order valence-corrected chi connectivity index (χ4v) is 2.15. The highest BCUT2D eigenvalue weighted by molar-refractivity contribution is 5.98. The van der Waals surface area contributed by atoms with Crippen molar-refractivity contribution in [1.29, 1.82) is 0 Å². The molecule has 1 atom stereocenters. The van der Waals surface area contributed by atoms with Gasteiger partial charge in [-0.05, 0) is 44.5 Å².